The number of methoxy groups -OCH3 is 1. The third kappa shape index (κ3) is 4.80. The molecule has 0 unspecified atom stereocenters. The van der Waals surface area contributed by atoms with Gasteiger partial charge in [0.1, 0.15) is 23.8 Å². The van der Waals surface area contributed by atoms with Crippen LogP contribution >= 0.6 is 0 Å². The standard InChI is InChI=1S/C25H25F3N4O5/c1-15-11-32-22-20(34-3)21(30-23(33)31(22)13-24(32,2)14-36-15)35-12-16-4-6-17(7-5-16)37-18-8-9-29-19(10-18)25(26,27)28/h4-10,15H,11-14H2,1-3H3/t15-,24+/m0/s1. The van der Waals surface area contributed by atoms with Crippen LogP contribution in [0, 0.1) is 0 Å². The molecule has 196 valence electrons. The normalized spacial score (nSPS) is 20.8. The molecule has 0 saturated carbocycles. The summed E-state index contributed by atoms with van der Waals surface area (Å²) in [5.41, 5.74) is -1.13. The number of benzene rings is 1. The minimum atomic E-state index is -4.56. The zero-order valence-electron chi connectivity index (χ0n) is 20.4. The lowest BCUT2D eigenvalue weighted by Crippen LogP contribution is -2.56. The van der Waals surface area contributed by atoms with Crippen molar-refractivity contribution in [2.75, 3.05) is 25.2 Å². The van der Waals surface area contributed by atoms with Crippen molar-refractivity contribution < 1.29 is 32.1 Å². The predicted octanol–water partition coefficient (Wildman–Crippen LogP) is 4.03. The van der Waals surface area contributed by atoms with Crippen molar-refractivity contribution in [3.8, 4) is 23.1 Å². The predicted molar refractivity (Wildman–Crippen MR) is 126 cm³/mol. The third-order valence-electron chi connectivity index (χ3n) is 6.37. The average Bonchev–Trinajstić information content (AvgIpc) is 3.17. The van der Waals surface area contributed by atoms with Crippen LogP contribution in [-0.2, 0) is 24.1 Å². The maximum Gasteiger partial charge on any atom is 0.433 e. The van der Waals surface area contributed by atoms with Gasteiger partial charge in [-0.25, -0.2) is 4.79 Å². The van der Waals surface area contributed by atoms with Crippen LogP contribution in [0.5, 0.6) is 23.1 Å². The van der Waals surface area contributed by atoms with Crippen LogP contribution in [0.4, 0.5) is 19.0 Å². The Morgan fingerprint density at radius 2 is 1.95 bits per heavy atom. The number of ether oxygens (including phenoxy) is 4. The molecule has 4 heterocycles. The highest BCUT2D eigenvalue weighted by Crippen LogP contribution is 2.44. The fraction of sp³-hybridized carbons (Fsp3) is 0.400. The fourth-order valence-corrected chi connectivity index (χ4v) is 4.51. The number of fused-ring (bicyclic) bond motifs is 3. The SMILES string of the molecule is COc1c(OCc2ccc(Oc3ccnc(C(F)(F)F)c3)cc2)nc(=O)n2c1N1C[C@H](C)OC[C@@]1(C)C2. The van der Waals surface area contributed by atoms with Crippen LogP contribution in [0.2, 0.25) is 0 Å². The molecule has 3 aromatic rings. The van der Waals surface area contributed by atoms with E-state index in [1.54, 1.807) is 28.8 Å². The van der Waals surface area contributed by atoms with E-state index in [1.165, 1.54) is 13.2 Å². The van der Waals surface area contributed by atoms with Crippen molar-refractivity contribution in [1.29, 1.82) is 0 Å². The molecule has 0 bridgehead atoms. The summed E-state index contributed by atoms with van der Waals surface area (Å²) in [7, 11) is 1.50. The van der Waals surface area contributed by atoms with E-state index in [9.17, 15) is 18.0 Å². The van der Waals surface area contributed by atoms with E-state index in [0.29, 0.717) is 37.0 Å². The van der Waals surface area contributed by atoms with E-state index in [4.69, 9.17) is 18.9 Å². The van der Waals surface area contributed by atoms with Crippen LogP contribution in [0.25, 0.3) is 0 Å². The number of hydrogen-bond donors (Lipinski definition) is 0. The second-order valence-electron chi connectivity index (χ2n) is 9.28. The van der Waals surface area contributed by atoms with Gasteiger partial charge in [0, 0.05) is 18.8 Å². The molecule has 2 aliphatic heterocycles. The molecule has 37 heavy (non-hydrogen) atoms. The summed E-state index contributed by atoms with van der Waals surface area (Å²) in [6.45, 7) is 5.59. The number of aromatic nitrogens is 3. The molecule has 0 spiro atoms. The van der Waals surface area contributed by atoms with E-state index in [-0.39, 0.29) is 24.3 Å². The Balaban J connectivity index is 1.32. The van der Waals surface area contributed by atoms with Gasteiger partial charge in [0.15, 0.2) is 5.82 Å². The summed E-state index contributed by atoms with van der Waals surface area (Å²) in [6.07, 6.45) is -3.53. The topological polar surface area (TPSA) is 87.9 Å². The summed E-state index contributed by atoms with van der Waals surface area (Å²) in [5.74, 6) is 1.43. The molecule has 0 N–H and O–H groups in total. The fourth-order valence-electron chi connectivity index (χ4n) is 4.51. The minimum absolute atomic E-state index is 0.00935. The van der Waals surface area contributed by atoms with Crippen molar-refractivity contribution in [3.05, 3.63) is 64.3 Å². The van der Waals surface area contributed by atoms with E-state index >= 15 is 0 Å². The Morgan fingerprint density at radius 3 is 2.65 bits per heavy atom. The Morgan fingerprint density at radius 1 is 1.19 bits per heavy atom. The van der Waals surface area contributed by atoms with Gasteiger partial charge < -0.3 is 23.8 Å². The molecule has 5 rings (SSSR count). The van der Waals surface area contributed by atoms with Gasteiger partial charge in [0.05, 0.1) is 31.9 Å². The number of morpholine rings is 1. The molecule has 2 aromatic heterocycles. The third-order valence-corrected chi connectivity index (χ3v) is 6.37. The number of halogens is 3. The van der Waals surface area contributed by atoms with Crippen molar-refractivity contribution in [3.63, 3.8) is 0 Å². The first-order valence-electron chi connectivity index (χ1n) is 11.6. The van der Waals surface area contributed by atoms with E-state index < -0.39 is 23.1 Å². The first-order chi connectivity index (χ1) is 17.6. The van der Waals surface area contributed by atoms with Crippen LogP contribution in [0.3, 0.4) is 0 Å². The van der Waals surface area contributed by atoms with Crippen LogP contribution in [0.15, 0.2) is 47.4 Å². The smallest absolute Gasteiger partial charge is 0.433 e. The number of nitrogens with zero attached hydrogens (tertiary/aromatic N) is 4. The van der Waals surface area contributed by atoms with E-state index in [0.717, 1.165) is 17.8 Å². The second-order valence-corrected chi connectivity index (χ2v) is 9.28. The largest absolute Gasteiger partial charge is 0.489 e. The highest BCUT2D eigenvalue weighted by atomic mass is 19.4. The summed E-state index contributed by atoms with van der Waals surface area (Å²) < 4.78 is 63.1. The average molecular weight is 518 g/mol. The van der Waals surface area contributed by atoms with Crippen molar-refractivity contribution in [2.45, 2.75) is 44.8 Å². The number of hydrogen-bond acceptors (Lipinski definition) is 8. The first-order valence-corrected chi connectivity index (χ1v) is 11.6. The van der Waals surface area contributed by atoms with Gasteiger partial charge in [-0.1, -0.05) is 12.1 Å². The van der Waals surface area contributed by atoms with Crippen LogP contribution in [0.1, 0.15) is 25.1 Å². The Bertz CT molecular complexity index is 1360. The zero-order chi connectivity index (χ0) is 26.4. The van der Waals surface area contributed by atoms with Gasteiger partial charge in [0.2, 0.25) is 5.75 Å². The van der Waals surface area contributed by atoms with Crippen molar-refractivity contribution in [1.82, 2.24) is 14.5 Å². The van der Waals surface area contributed by atoms with E-state index in [1.807, 2.05) is 13.8 Å². The Kier molecular flexibility index (Phi) is 6.22. The molecular weight excluding hydrogens is 493 g/mol. The van der Waals surface area contributed by atoms with E-state index in [2.05, 4.69) is 14.9 Å². The molecular formula is C25H25F3N4O5. The number of pyridine rings is 1. The highest BCUT2D eigenvalue weighted by Gasteiger charge is 2.47. The zero-order valence-corrected chi connectivity index (χ0v) is 20.4. The number of anilines is 1. The lowest BCUT2D eigenvalue weighted by atomic mass is 10.0. The highest BCUT2D eigenvalue weighted by molar-refractivity contribution is 5.62. The summed E-state index contributed by atoms with van der Waals surface area (Å²) in [6, 6.07) is 8.80. The van der Waals surface area contributed by atoms with Gasteiger partial charge >= 0.3 is 11.9 Å². The van der Waals surface area contributed by atoms with Gasteiger partial charge in [-0.05, 0) is 37.6 Å². The van der Waals surface area contributed by atoms with Gasteiger partial charge in [-0.3, -0.25) is 9.55 Å². The maximum atomic E-state index is 12.9. The molecule has 1 saturated heterocycles. The van der Waals surface area contributed by atoms with Gasteiger partial charge in [-0.15, -0.1) is 0 Å². The lowest BCUT2D eigenvalue weighted by Gasteiger charge is -2.42. The molecule has 2 atom stereocenters. The molecule has 9 nitrogen and oxygen atoms in total. The van der Waals surface area contributed by atoms with Crippen LogP contribution in [-0.4, -0.2) is 46.4 Å². The minimum Gasteiger partial charge on any atom is -0.489 e. The molecule has 0 amide bonds. The lowest BCUT2D eigenvalue weighted by molar-refractivity contribution is -0.141. The summed E-state index contributed by atoms with van der Waals surface area (Å²) in [4.78, 5) is 22.4. The second kappa shape index (κ2) is 9.25. The van der Waals surface area contributed by atoms with Gasteiger partial charge in [-0.2, -0.15) is 18.2 Å². The Hall–Kier alpha value is -3.80. The first kappa shape index (κ1) is 24.9. The van der Waals surface area contributed by atoms with Crippen molar-refractivity contribution in [2.24, 2.45) is 0 Å². The van der Waals surface area contributed by atoms with Crippen LogP contribution < -0.4 is 24.8 Å². The summed E-state index contributed by atoms with van der Waals surface area (Å²) >= 11 is 0. The monoisotopic (exact) mass is 518 g/mol. The maximum absolute atomic E-state index is 12.9. The Labute approximate surface area is 210 Å². The number of rotatable bonds is 6. The van der Waals surface area contributed by atoms with Gasteiger partial charge in [0.25, 0.3) is 5.88 Å². The molecule has 12 heteroatoms. The molecule has 0 aliphatic carbocycles. The van der Waals surface area contributed by atoms with Crippen molar-refractivity contribution >= 4 is 5.82 Å². The number of alkyl halides is 3. The molecule has 1 fully saturated rings. The molecule has 1 aromatic carbocycles. The molecule has 2 aliphatic rings. The quantitative estimate of drug-likeness (QED) is 0.484. The summed E-state index contributed by atoms with van der Waals surface area (Å²) in [5, 5.41) is 0. The molecule has 0 radical (unpaired) electrons.